The minimum Gasteiger partial charge on any atom is -0.467 e. The quantitative estimate of drug-likeness (QED) is 0.351. The van der Waals surface area contributed by atoms with E-state index in [0.29, 0.717) is 29.1 Å². The van der Waals surface area contributed by atoms with Crippen molar-refractivity contribution in [1.29, 1.82) is 0 Å². The van der Waals surface area contributed by atoms with Crippen molar-refractivity contribution in [2.24, 2.45) is 0 Å². The standard InChI is InChI=1S/C25H23ClN4O2S/c1-17(24(31)29-13-12-18-5-2-3-6-20(18)15-29)33-25-28-27-23(19-8-10-21(26)11-9-19)30(25)16-22-7-4-14-32-22/h2-11,14,17H,12-13,15-16H2,1H3/t17-/m1/s1. The second kappa shape index (κ2) is 9.45. The fourth-order valence-corrected chi connectivity index (χ4v) is 5.10. The molecule has 8 heteroatoms. The molecule has 0 spiro atoms. The van der Waals surface area contributed by atoms with Crippen LogP contribution in [0.2, 0.25) is 5.02 Å². The molecule has 6 nitrogen and oxygen atoms in total. The van der Waals surface area contributed by atoms with Crippen LogP contribution < -0.4 is 0 Å². The number of rotatable bonds is 6. The summed E-state index contributed by atoms with van der Waals surface area (Å²) in [5.74, 6) is 1.60. The van der Waals surface area contributed by atoms with Gasteiger partial charge in [-0.05, 0) is 60.9 Å². The molecule has 4 aromatic rings. The number of hydrogen-bond donors (Lipinski definition) is 0. The highest BCUT2D eigenvalue weighted by Gasteiger charge is 2.27. The average Bonchev–Trinajstić information content (AvgIpc) is 3.49. The molecule has 1 atom stereocenters. The number of thioether (sulfide) groups is 1. The van der Waals surface area contributed by atoms with Crippen molar-refractivity contribution in [2.45, 2.75) is 36.8 Å². The first-order valence-corrected chi connectivity index (χ1v) is 12.1. The molecule has 168 valence electrons. The highest BCUT2D eigenvalue weighted by molar-refractivity contribution is 8.00. The van der Waals surface area contributed by atoms with Crippen LogP contribution in [-0.2, 0) is 24.3 Å². The maximum Gasteiger partial charge on any atom is 0.236 e. The molecule has 0 aliphatic carbocycles. The minimum absolute atomic E-state index is 0.107. The van der Waals surface area contributed by atoms with Crippen molar-refractivity contribution in [3.63, 3.8) is 0 Å². The van der Waals surface area contributed by atoms with Crippen LogP contribution in [0.25, 0.3) is 11.4 Å². The van der Waals surface area contributed by atoms with E-state index in [-0.39, 0.29) is 11.2 Å². The molecule has 0 saturated heterocycles. The first-order valence-electron chi connectivity index (χ1n) is 10.8. The Morgan fingerprint density at radius 1 is 1.09 bits per heavy atom. The molecule has 1 aliphatic rings. The third-order valence-corrected chi connectivity index (χ3v) is 7.11. The highest BCUT2D eigenvalue weighted by atomic mass is 35.5. The Balaban J connectivity index is 1.38. The Hall–Kier alpha value is -3.03. The van der Waals surface area contributed by atoms with Gasteiger partial charge < -0.3 is 9.32 Å². The van der Waals surface area contributed by atoms with Crippen LogP contribution in [0, 0.1) is 0 Å². The van der Waals surface area contributed by atoms with Crippen LogP contribution in [0.15, 0.2) is 76.5 Å². The van der Waals surface area contributed by atoms with Gasteiger partial charge in [0.1, 0.15) is 5.76 Å². The van der Waals surface area contributed by atoms with Gasteiger partial charge in [-0.1, -0.05) is 47.6 Å². The number of halogens is 1. The number of benzene rings is 2. The largest absolute Gasteiger partial charge is 0.467 e. The first kappa shape index (κ1) is 21.8. The van der Waals surface area contributed by atoms with Crippen molar-refractivity contribution in [3.8, 4) is 11.4 Å². The first-order chi connectivity index (χ1) is 16.1. The van der Waals surface area contributed by atoms with Gasteiger partial charge >= 0.3 is 0 Å². The van der Waals surface area contributed by atoms with Gasteiger partial charge in [-0.3, -0.25) is 9.36 Å². The lowest BCUT2D eigenvalue weighted by atomic mass is 10.00. The lowest BCUT2D eigenvalue weighted by molar-refractivity contribution is -0.131. The van der Waals surface area contributed by atoms with Crippen LogP contribution in [0.4, 0.5) is 0 Å². The van der Waals surface area contributed by atoms with E-state index in [1.165, 1.54) is 22.9 Å². The molecule has 0 saturated carbocycles. The van der Waals surface area contributed by atoms with Gasteiger partial charge in [0.15, 0.2) is 11.0 Å². The normalized spacial score (nSPS) is 14.2. The SMILES string of the molecule is C[C@@H](Sc1nnc(-c2ccc(Cl)cc2)n1Cc1ccco1)C(=O)N1CCc2ccccc2C1. The van der Waals surface area contributed by atoms with Crippen LogP contribution >= 0.6 is 23.4 Å². The van der Waals surface area contributed by atoms with Gasteiger partial charge in [0.25, 0.3) is 0 Å². The monoisotopic (exact) mass is 478 g/mol. The Morgan fingerprint density at radius 2 is 1.88 bits per heavy atom. The van der Waals surface area contributed by atoms with E-state index >= 15 is 0 Å². The van der Waals surface area contributed by atoms with E-state index in [2.05, 4.69) is 28.4 Å². The highest BCUT2D eigenvalue weighted by Crippen LogP contribution is 2.30. The molecule has 0 N–H and O–H groups in total. The summed E-state index contributed by atoms with van der Waals surface area (Å²) in [7, 11) is 0. The number of amides is 1. The molecular formula is C25H23ClN4O2S. The van der Waals surface area contributed by atoms with Crippen LogP contribution in [0.1, 0.15) is 23.8 Å². The van der Waals surface area contributed by atoms with Crippen molar-refractivity contribution >= 4 is 29.3 Å². The molecule has 5 rings (SSSR count). The molecule has 33 heavy (non-hydrogen) atoms. The number of aromatic nitrogens is 3. The molecule has 2 aromatic heterocycles. The predicted molar refractivity (Wildman–Crippen MR) is 129 cm³/mol. The second-order valence-electron chi connectivity index (χ2n) is 8.02. The number of furan rings is 1. The zero-order chi connectivity index (χ0) is 22.8. The van der Waals surface area contributed by atoms with Gasteiger partial charge in [-0.25, -0.2) is 0 Å². The molecule has 0 bridgehead atoms. The van der Waals surface area contributed by atoms with Gasteiger partial charge in [0, 0.05) is 23.7 Å². The topological polar surface area (TPSA) is 64.2 Å². The third kappa shape index (κ3) is 4.70. The molecule has 1 amide bonds. The molecule has 0 radical (unpaired) electrons. The molecule has 0 unspecified atom stereocenters. The fraction of sp³-hybridized carbons (Fsp3) is 0.240. The molecule has 0 fully saturated rings. The summed E-state index contributed by atoms with van der Waals surface area (Å²) < 4.78 is 7.56. The van der Waals surface area contributed by atoms with Gasteiger partial charge in [0.2, 0.25) is 5.91 Å². The molecule has 3 heterocycles. The Labute approximate surface area is 201 Å². The fourth-order valence-electron chi connectivity index (χ4n) is 4.04. The summed E-state index contributed by atoms with van der Waals surface area (Å²) in [5.41, 5.74) is 3.45. The van der Waals surface area contributed by atoms with Crippen molar-refractivity contribution < 1.29 is 9.21 Å². The third-order valence-electron chi connectivity index (χ3n) is 5.79. The maximum atomic E-state index is 13.3. The number of carbonyl (C=O) groups is 1. The van der Waals surface area contributed by atoms with Crippen LogP contribution in [0.5, 0.6) is 0 Å². The number of fused-ring (bicyclic) bond motifs is 1. The Bertz CT molecular complexity index is 1250. The lowest BCUT2D eigenvalue weighted by Gasteiger charge is -2.30. The zero-order valence-electron chi connectivity index (χ0n) is 18.1. The average molecular weight is 479 g/mol. The lowest BCUT2D eigenvalue weighted by Crippen LogP contribution is -2.40. The smallest absolute Gasteiger partial charge is 0.236 e. The zero-order valence-corrected chi connectivity index (χ0v) is 19.7. The number of hydrogen-bond acceptors (Lipinski definition) is 5. The summed E-state index contributed by atoms with van der Waals surface area (Å²) >= 11 is 7.49. The second-order valence-corrected chi connectivity index (χ2v) is 9.76. The van der Waals surface area contributed by atoms with Crippen LogP contribution in [0.3, 0.4) is 0 Å². The van der Waals surface area contributed by atoms with Crippen molar-refractivity contribution in [2.75, 3.05) is 6.54 Å². The van der Waals surface area contributed by atoms with E-state index in [9.17, 15) is 4.79 Å². The Morgan fingerprint density at radius 3 is 2.64 bits per heavy atom. The van der Waals surface area contributed by atoms with Gasteiger partial charge in [-0.2, -0.15) is 0 Å². The molecular weight excluding hydrogens is 456 g/mol. The molecule has 2 aromatic carbocycles. The summed E-state index contributed by atoms with van der Waals surface area (Å²) in [6, 6.07) is 19.6. The Kier molecular flexibility index (Phi) is 6.24. The predicted octanol–water partition coefficient (Wildman–Crippen LogP) is 5.31. The van der Waals surface area contributed by atoms with E-state index in [1.54, 1.807) is 6.26 Å². The van der Waals surface area contributed by atoms with Gasteiger partial charge in [0.05, 0.1) is 18.1 Å². The van der Waals surface area contributed by atoms with Crippen LogP contribution in [-0.4, -0.2) is 37.4 Å². The van der Waals surface area contributed by atoms with E-state index in [4.69, 9.17) is 16.0 Å². The number of nitrogens with zero attached hydrogens (tertiary/aromatic N) is 4. The summed E-state index contributed by atoms with van der Waals surface area (Å²) in [6.45, 7) is 3.78. The summed E-state index contributed by atoms with van der Waals surface area (Å²) in [5, 5.41) is 9.90. The van der Waals surface area contributed by atoms with E-state index in [1.807, 2.05) is 58.9 Å². The summed E-state index contributed by atoms with van der Waals surface area (Å²) in [6.07, 6.45) is 2.53. The van der Waals surface area contributed by atoms with Crippen molar-refractivity contribution in [1.82, 2.24) is 19.7 Å². The maximum absolute atomic E-state index is 13.3. The van der Waals surface area contributed by atoms with E-state index < -0.39 is 0 Å². The molecule has 1 aliphatic heterocycles. The van der Waals surface area contributed by atoms with E-state index in [0.717, 1.165) is 24.3 Å². The summed E-state index contributed by atoms with van der Waals surface area (Å²) in [4.78, 5) is 15.2. The van der Waals surface area contributed by atoms with Gasteiger partial charge in [-0.15, -0.1) is 10.2 Å². The number of carbonyl (C=O) groups excluding carboxylic acids is 1. The van der Waals surface area contributed by atoms with Crippen molar-refractivity contribution in [3.05, 3.63) is 88.8 Å². The minimum atomic E-state index is -0.298.